The van der Waals surface area contributed by atoms with Gasteiger partial charge in [0, 0.05) is 23.0 Å². The van der Waals surface area contributed by atoms with Crippen LogP contribution < -0.4 is 0 Å². The Bertz CT molecular complexity index is 1010. The summed E-state index contributed by atoms with van der Waals surface area (Å²) in [5.41, 5.74) is 2.44. The first-order valence-electron chi connectivity index (χ1n) is 9.41. The lowest BCUT2D eigenvalue weighted by atomic mass is 10.0. The molecule has 0 saturated carbocycles. The third-order valence-corrected chi connectivity index (χ3v) is 6.21. The van der Waals surface area contributed by atoms with E-state index in [0.717, 1.165) is 25.1 Å². The molecule has 2 heterocycles. The molecule has 1 aliphatic heterocycles. The average Bonchev–Trinajstić information content (AvgIpc) is 3.24. The molecule has 0 radical (unpaired) electrons. The van der Waals surface area contributed by atoms with E-state index in [1.165, 1.54) is 17.6 Å². The second-order valence-electron chi connectivity index (χ2n) is 6.71. The van der Waals surface area contributed by atoms with Crippen molar-refractivity contribution in [1.29, 1.82) is 0 Å². The summed E-state index contributed by atoms with van der Waals surface area (Å²) in [7, 11) is 1.42. The van der Waals surface area contributed by atoms with Crippen LogP contribution in [0.25, 0.3) is 0 Å². The van der Waals surface area contributed by atoms with Gasteiger partial charge in [-0.25, -0.2) is 9.59 Å². The number of carbonyl (C=O) groups excluding carboxylic acids is 1. The number of benzene rings is 2. The number of esters is 1. The molecule has 5 nitrogen and oxygen atoms in total. The van der Waals surface area contributed by atoms with E-state index in [1.54, 1.807) is 41.7 Å². The molecule has 0 bridgehead atoms. The number of rotatable bonds is 4. The Hall–Kier alpha value is -2.67. The zero-order valence-electron chi connectivity index (χ0n) is 16.5. The summed E-state index contributed by atoms with van der Waals surface area (Å²) in [5, 5.41) is 11.1. The predicted molar refractivity (Wildman–Crippen MR) is 118 cm³/mol. The topological polar surface area (TPSA) is 66.8 Å². The molecule has 156 valence electrons. The highest BCUT2D eigenvalue weighted by Gasteiger charge is 2.32. The predicted octanol–water partition coefficient (Wildman–Crippen LogP) is 5.06. The highest BCUT2D eigenvalue weighted by atomic mass is 35.5. The molecule has 2 aromatic carbocycles. The van der Waals surface area contributed by atoms with Crippen LogP contribution in [-0.4, -0.2) is 35.6 Å². The molecule has 0 spiro atoms. The number of thiophene rings is 1. The number of methoxy groups -OCH3 is 1. The van der Waals surface area contributed by atoms with Crippen LogP contribution in [0.3, 0.4) is 0 Å². The molecule has 0 fully saturated rings. The van der Waals surface area contributed by atoms with E-state index in [0.29, 0.717) is 10.6 Å². The largest absolute Gasteiger partial charge is 0.478 e. The van der Waals surface area contributed by atoms with Gasteiger partial charge in [0.1, 0.15) is 6.04 Å². The van der Waals surface area contributed by atoms with Crippen molar-refractivity contribution in [1.82, 2.24) is 4.90 Å². The van der Waals surface area contributed by atoms with Crippen molar-refractivity contribution < 1.29 is 19.4 Å². The molecule has 0 saturated heterocycles. The zero-order chi connectivity index (χ0) is 21.5. The molecule has 3 aromatic rings. The van der Waals surface area contributed by atoms with Crippen LogP contribution in [-0.2, 0) is 22.5 Å². The summed E-state index contributed by atoms with van der Waals surface area (Å²) >= 11 is 8.07. The number of carbonyl (C=O) groups is 2. The Morgan fingerprint density at radius 3 is 2.43 bits per heavy atom. The monoisotopic (exact) mass is 443 g/mol. The molecule has 30 heavy (non-hydrogen) atoms. The number of halogens is 1. The second-order valence-corrected chi connectivity index (χ2v) is 8.12. The molecule has 0 aliphatic carbocycles. The van der Waals surface area contributed by atoms with Crippen molar-refractivity contribution in [2.24, 2.45) is 0 Å². The third kappa shape index (κ3) is 5.27. The molecule has 4 rings (SSSR count). The van der Waals surface area contributed by atoms with E-state index >= 15 is 0 Å². The minimum absolute atomic E-state index is 0.262. The number of carboxylic acid groups (broad SMARTS) is 1. The van der Waals surface area contributed by atoms with Crippen molar-refractivity contribution in [2.75, 3.05) is 13.7 Å². The summed E-state index contributed by atoms with van der Waals surface area (Å²) in [6, 6.07) is 17.5. The number of hydrogen-bond acceptors (Lipinski definition) is 5. The minimum atomic E-state index is -0.879. The van der Waals surface area contributed by atoms with E-state index in [-0.39, 0.29) is 5.97 Å². The lowest BCUT2D eigenvalue weighted by molar-refractivity contribution is -0.147. The first kappa shape index (κ1) is 22.0. The summed E-state index contributed by atoms with van der Waals surface area (Å²) in [5.74, 6) is -1.14. The average molecular weight is 444 g/mol. The van der Waals surface area contributed by atoms with Crippen LogP contribution in [0.4, 0.5) is 0 Å². The highest BCUT2D eigenvalue weighted by Crippen LogP contribution is 2.33. The Morgan fingerprint density at radius 2 is 1.80 bits per heavy atom. The first-order chi connectivity index (χ1) is 14.5. The van der Waals surface area contributed by atoms with Crippen LogP contribution in [0, 0.1) is 0 Å². The van der Waals surface area contributed by atoms with Gasteiger partial charge in [0.25, 0.3) is 0 Å². The van der Waals surface area contributed by atoms with Crippen LogP contribution in [0.15, 0.2) is 66.0 Å². The fourth-order valence-corrected chi connectivity index (χ4v) is 4.48. The third-order valence-electron chi connectivity index (χ3n) is 4.85. The normalized spacial score (nSPS) is 14.1. The van der Waals surface area contributed by atoms with Crippen molar-refractivity contribution in [3.05, 3.63) is 92.6 Å². The summed E-state index contributed by atoms with van der Waals surface area (Å²) in [6.45, 7) is 1.59. The zero-order valence-corrected chi connectivity index (χ0v) is 18.0. The fraction of sp³-hybridized carbons (Fsp3) is 0.217. The van der Waals surface area contributed by atoms with Crippen LogP contribution in [0.1, 0.15) is 32.4 Å². The summed E-state index contributed by atoms with van der Waals surface area (Å²) < 4.78 is 5.01. The van der Waals surface area contributed by atoms with Crippen molar-refractivity contribution in [3.8, 4) is 0 Å². The number of fused-ring (bicyclic) bond motifs is 1. The molecule has 1 atom stereocenters. The van der Waals surface area contributed by atoms with Crippen molar-refractivity contribution in [3.63, 3.8) is 0 Å². The summed E-state index contributed by atoms with van der Waals surface area (Å²) in [4.78, 5) is 26.0. The van der Waals surface area contributed by atoms with E-state index in [1.807, 2.05) is 24.3 Å². The van der Waals surface area contributed by atoms with Gasteiger partial charge in [0.05, 0.1) is 12.7 Å². The van der Waals surface area contributed by atoms with Crippen LogP contribution in [0.2, 0.25) is 5.02 Å². The van der Waals surface area contributed by atoms with Gasteiger partial charge < -0.3 is 9.84 Å². The molecule has 1 N–H and O–H groups in total. The smallest absolute Gasteiger partial charge is 0.335 e. The van der Waals surface area contributed by atoms with Crippen molar-refractivity contribution in [2.45, 2.75) is 19.0 Å². The van der Waals surface area contributed by atoms with Gasteiger partial charge in [-0.05, 0) is 47.2 Å². The van der Waals surface area contributed by atoms with Crippen LogP contribution >= 0.6 is 22.9 Å². The molecular weight excluding hydrogens is 422 g/mol. The molecule has 0 unspecified atom stereocenters. The molecule has 0 amide bonds. The van der Waals surface area contributed by atoms with E-state index in [9.17, 15) is 9.59 Å². The van der Waals surface area contributed by atoms with E-state index < -0.39 is 12.0 Å². The quantitative estimate of drug-likeness (QED) is 0.571. The number of ether oxygens (including phenoxy) is 1. The number of hydrogen-bond donors (Lipinski definition) is 1. The van der Waals surface area contributed by atoms with Crippen LogP contribution in [0.5, 0.6) is 0 Å². The van der Waals surface area contributed by atoms with Gasteiger partial charge in [-0.15, -0.1) is 11.3 Å². The molecule has 7 heteroatoms. The molecular formula is C23H22ClNO4S. The fourth-order valence-electron chi connectivity index (χ4n) is 3.35. The number of nitrogens with zero attached hydrogens (tertiary/aromatic N) is 1. The maximum Gasteiger partial charge on any atom is 0.335 e. The van der Waals surface area contributed by atoms with E-state index in [4.69, 9.17) is 21.4 Å². The van der Waals surface area contributed by atoms with Gasteiger partial charge in [-0.2, -0.15) is 0 Å². The maximum absolute atomic E-state index is 12.3. The minimum Gasteiger partial charge on any atom is -0.478 e. The Morgan fingerprint density at radius 1 is 1.10 bits per heavy atom. The Balaban J connectivity index is 0.000000239. The van der Waals surface area contributed by atoms with E-state index in [2.05, 4.69) is 16.3 Å². The molecule has 1 aliphatic rings. The Kier molecular flexibility index (Phi) is 7.63. The number of aromatic carboxylic acids is 1. The van der Waals surface area contributed by atoms with Gasteiger partial charge in [-0.3, -0.25) is 4.90 Å². The first-order valence-corrected chi connectivity index (χ1v) is 10.7. The van der Waals surface area contributed by atoms with Gasteiger partial charge in [0.15, 0.2) is 0 Å². The standard InChI is InChI=1S/C16H16ClNO2S.C7H6O2/c1-20-16(19)15(12-4-2-3-5-13(12)17)18-8-6-14-11(10-18)7-9-21-14;8-7(9)6-4-2-1-3-5-6/h2-5,7,9,15H,6,8,10H2,1H3;1-5H,(H,8,9)/t15-;/m0./s1. The Labute approximate surface area is 184 Å². The lowest BCUT2D eigenvalue weighted by Gasteiger charge is -2.33. The SMILES string of the molecule is COC(=O)[C@H](c1ccccc1Cl)N1CCc2sccc2C1.O=C(O)c1ccccc1. The maximum atomic E-state index is 12.3. The molecule has 1 aromatic heterocycles. The second kappa shape index (κ2) is 10.4. The lowest BCUT2D eigenvalue weighted by Crippen LogP contribution is -2.38. The van der Waals surface area contributed by atoms with Gasteiger partial charge >= 0.3 is 11.9 Å². The summed E-state index contributed by atoms with van der Waals surface area (Å²) in [6.07, 6.45) is 0.963. The van der Waals surface area contributed by atoms with Crippen molar-refractivity contribution >= 4 is 34.9 Å². The van der Waals surface area contributed by atoms with Gasteiger partial charge in [-0.1, -0.05) is 48.0 Å². The number of carboxylic acids is 1. The highest BCUT2D eigenvalue weighted by molar-refractivity contribution is 7.10. The van der Waals surface area contributed by atoms with Gasteiger partial charge in [0.2, 0.25) is 0 Å².